The minimum Gasteiger partial charge on any atom is -0.435 e. The number of nitrogens with zero attached hydrogens (tertiary/aromatic N) is 2. The van der Waals surface area contributed by atoms with Crippen molar-refractivity contribution in [2.45, 2.75) is 19.7 Å². The second-order valence-corrected chi connectivity index (χ2v) is 6.56. The Hall–Kier alpha value is -1.99. The summed E-state index contributed by atoms with van der Waals surface area (Å²) < 4.78 is 28.5. The zero-order valence-electron chi connectivity index (χ0n) is 13.6. The number of thiophene rings is 1. The van der Waals surface area contributed by atoms with E-state index in [0.717, 1.165) is 10.4 Å². The zero-order chi connectivity index (χ0) is 17.5. The molecule has 1 aromatic heterocycles. The quantitative estimate of drug-likeness (QED) is 0.728. The molecule has 0 aliphatic rings. The van der Waals surface area contributed by atoms with E-state index >= 15 is 0 Å². The minimum absolute atomic E-state index is 0.0311. The number of benzene rings is 1. The average molecular weight is 354 g/mol. The first kappa shape index (κ1) is 18.4. The van der Waals surface area contributed by atoms with Crippen LogP contribution >= 0.6 is 11.3 Å². The molecule has 0 fully saturated rings. The van der Waals surface area contributed by atoms with E-state index in [1.807, 2.05) is 29.5 Å². The molecule has 4 nitrogen and oxygen atoms in total. The average Bonchev–Trinajstić information content (AvgIpc) is 3.01. The molecule has 0 bridgehead atoms. The smallest absolute Gasteiger partial charge is 0.387 e. The predicted octanol–water partition coefficient (Wildman–Crippen LogP) is 3.44. The van der Waals surface area contributed by atoms with Crippen molar-refractivity contribution in [3.63, 3.8) is 0 Å². The zero-order valence-corrected chi connectivity index (χ0v) is 14.4. The SMILES string of the molecule is CN(CC(=O)N(C)Cc1cccs1)Cc1ccc(OC(F)F)cc1. The van der Waals surface area contributed by atoms with Crippen molar-refractivity contribution < 1.29 is 18.3 Å². The normalized spacial score (nSPS) is 11.1. The number of hydrogen-bond acceptors (Lipinski definition) is 4. The summed E-state index contributed by atoms with van der Waals surface area (Å²) >= 11 is 1.62. The van der Waals surface area contributed by atoms with Gasteiger partial charge in [0.2, 0.25) is 5.91 Å². The van der Waals surface area contributed by atoms with Gasteiger partial charge in [-0.1, -0.05) is 18.2 Å². The molecule has 0 saturated heterocycles. The molecule has 0 aliphatic heterocycles. The van der Waals surface area contributed by atoms with E-state index in [0.29, 0.717) is 13.1 Å². The molecular formula is C17H20F2N2O2S. The van der Waals surface area contributed by atoms with Crippen LogP contribution in [-0.4, -0.2) is 43.0 Å². The van der Waals surface area contributed by atoms with Gasteiger partial charge in [0.15, 0.2) is 0 Å². The third kappa shape index (κ3) is 5.90. The maximum Gasteiger partial charge on any atom is 0.387 e. The Labute approximate surface area is 144 Å². The Balaban J connectivity index is 1.81. The fourth-order valence-electron chi connectivity index (χ4n) is 2.22. The van der Waals surface area contributed by atoms with Gasteiger partial charge in [0.05, 0.1) is 13.1 Å². The van der Waals surface area contributed by atoms with Gasteiger partial charge in [0.25, 0.3) is 0 Å². The first-order chi connectivity index (χ1) is 11.4. The molecule has 2 rings (SSSR count). The first-order valence-electron chi connectivity index (χ1n) is 7.42. The molecule has 2 aromatic rings. The van der Waals surface area contributed by atoms with Crippen LogP contribution in [0.25, 0.3) is 0 Å². The molecular weight excluding hydrogens is 334 g/mol. The van der Waals surface area contributed by atoms with Crippen LogP contribution in [0.4, 0.5) is 8.78 Å². The van der Waals surface area contributed by atoms with Gasteiger partial charge in [-0.05, 0) is 36.2 Å². The van der Waals surface area contributed by atoms with E-state index in [1.54, 1.807) is 35.4 Å². The number of carbonyl (C=O) groups is 1. The highest BCUT2D eigenvalue weighted by molar-refractivity contribution is 7.09. The summed E-state index contributed by atoms with van der Waals surface area (Å²) in [6.45, 7) is -1.38. The van der Waals surface area contributed by atoms with Crippen molar-refractivity contribution in [3.8, 4) is 5.75 Å². The molecule has 0 radical (unpaired) electrons. The van der Waals surface area contributed by atoms with Crippen LogP contribution in [0.15, 0.2) is 41.8 Å². The van der Waals surface area contributed by atoms with Gasteiger partial charge in [-0.15, -0.1) is 11.3 Å². The highest BCUT2D eigenvalue weighted by Gasteiger charge is 2.13. The van der Waals surface area contributed by atoms with E-state index in [9.17, 15) is 13.6 Å². The van der Waals surface area contributed by atoms with E-state index < -0.39 is 6.61 Å². The van der Waals surface area contributed by atoms with Gasteiger partial charge in [-0.3, -0.25) is 9.69 Å². The molecule has 0 saturated carbocycles. The number of halogens is 2. The molecule has 0 N–H and O–H groups in total. The molecule has 24 heavy (non-hydrogen) atoms. The molecule has 130 valence electrons. The number of carbonyl (C=O) groups excluding carboxylic acids is 1. The standard InChI is InChI=1S/C17H20F2N2O2S/c1-20(10-13-5-7-14(8-6-13)23-17(18)19)12-16(22)21(2)11-15-4-3-9-24-15/h3-9,17H,10-12H2,1-2H3. The van der Waals surface area contributed by atoms with Crippen molar-refractivity contribution in [1.29, 1.82) is 0 Å². The maximum absolute atomic E-state index is 12.2. The van der Waals surface area contributed by atoms with Crippen LogP contribution < -0.4 is 4.74 Å². The van der Waals surface area contributed by atoms with Crippen LogP contribution in [0.2, 0.25) is 0 Å². The van der Waals surface area contributed by atoms with Crippen LogP contribution in [0.1, 0.15) is 10.4 Å². The predicted molar refractivity (Wildman–Crippen MR) is 90.2 cm³/mol. The lowest BCUT2D eigenvalue weighted by Gasteiger charge is -2.21. The second-order valence-electron chi connectivity index (χ2n) is 5.52. The first-order valence-corrected chi connectivity index (χ1v) is 8.30. The number of ether oxygens (including phenoxy) is 1. The van der Waals surface area contributed by atoms with Crippen LogP contribution in [0.3, 0.4) is 0 Å². The molecule has 1 heterocycles. The topological polar surface area (TPSA) is 32.8 Å². The Kier molecular flexibility index (Phi) is 6.69. The fraction of sp³-hybridized carbons (Fsp3) is 0.353. The minimum atomic E-state index is -2.82. The van der Waals surface area contributed by atoms with Crippen molar-refractivity contribution in [2.24, 2.45) is 0 Å². The van der Waals surface area contributed by atoms with Gasteiger partial charge < -0.3 is 9.64 Å². The van der Waals surface area contributed by atoms with Crippen molar-refractivity contribution in [3.05, 3.63) is 52.2 Å². The number of hydrogen-bond donors (Lipinski definition) is 0. The van der Waals surface area contributed by atoms with Gasteiger partial charge in [0.1, 0.15) is 5.75 Å². The van der Waals surface area contributed by atoms with Crippen molar-refractivity contribution in [2.75, 3.05) is 20.6 Å². The Morgan fingerprint density at radius 3 is 2.46 bits per heavy atom. The summed E-state index contributed by atoms with van der Waals surface area (Å²) in [5.74, 6) is 0.159. The molecule has 1 aromatic carbocycles. The van der Waals surface area contributed by atoms with Gasteiger partial charge in [-0.2, -0.15) is 8.78 Å². The van der Waals surface area contributed by atoms with Crippen molar-refractivity contribution in [1.82, 2.24) is 9.80 Å². The van der Waals surface area contributed by atoms with Crippen LogP contribution in [-0.2, 0) is 17.9 Å². The summed E-state index contributed by atoms with van der Waals surface area (Å²) in [6, 6.07) is 10.4. The number of likely N-dealkylation sites (N-methyl/N-ethyl adjacent to an activating group) is 2. The highest BCUT2D eigenvalue weighted by Crippen LogP contribution is 2.16. The summed E-state index contributed by atoms with van der Waals surface area (Å²) in [4.78, 5) is 17.0. The third-order valence-corrected chi connectivity index (χ3v) is 4.27. The maximum atomic E-state index is 12.2. The van der Waals surface area contributed by atoms with Gasteiger partial charge in [0, 0.05) is 18.5 Å². The Morgan fingerprint density at radius 1 is 1.17 bits per heavy atom. The molecule has 0 unspecified atom stereocenters. The summed E-state index contributed by atoms with van der Waals surface area (Å²) in [5, 5.41) is 1.99. The number of alkyl halides is 2. The highest BCUT2D eigenvalue weighted by atomic mass is 32.1. The summed E-state index contributed by atoms with van der Waals surface area (Å²) in [6.07, 6.45) is 0. The number of rotatable bonds is 8. The van der Waals surface area contributed by atoms with Gasteiger partial charge >= 0.3 is 6.61 Å². The molecule has 0 spiro atoms. The van der Waals surface area contributed by atoms with Gasteiger partial charge in [-0.25, -0.2) is 0 Å². The van der Waals surface area contributed by atoms with E-state index in [2.05, 4.69) is 4.74 Å². The van der Waals surface area contributed by atoms with Crippen LogP contribution in [0.5, 0.6) is 5.75 Å². The van der Waals surface area contributed by atoms with Crippen molar-refractivity contribution >= 4 is 17.2 Å². The lowest BCUT2D eigenvalue weighted by molar-refractivity contribution is -0.131. The second kappa shape index (κ2) is 8.75. The Morgan fingerprint density at radius 2 is 1.88 bits per heavy atom. The molecule has 0 atom stereocenters. The fourth-order valence-corrected chi connectivity index (χ4v) is 2.98. The Bertz CT molecular complexity index is 633. The van der Waals surface area contributed by atoms with Crippen LogP contribution in [0, 0.1) is 0 Å². The van der Waals surface area contributed by atoms with E-state index in [-0.39, 0.29) is 18.2 Å². The lowest BCUT2D eigenvalue weighted by Crippen LogP contribution is -2.35. The largest absolute Gasteiger partial charge is 0.435 e. The molecule has 1 amide bonds. The summed E-state index contributed by atoms with van der Waals surface area (Å²) in [5.41, 5.74) is 0.924. The number of amides is 1. The molecule has 0 aliphatic carbocycles. The van der Waals surface area contributed by atoms with E-state index in [1.165, 1.54) is 12.1 Å². The molecule has 7 heteroatoms. The third-order valence-electron chi connectivity index (χ3n) is 3.41. The van der Waals surface area contributed by atoms with E-state index in [4.69, 9.17) is 0 Å². The monoisotopic (exact) mass is 354 g/mol. The summed E-state index contributed by atoms with van der Waals surface area (Å²) in [7, 11) is 3.63. The lowest BCUT2D eigenvalue weighted by atomic mass is 10.2.